The number of hydrogen-bond donors (Lipinski definition) is 3. The molecule has 0 bridgehead atoms. The quantitative estimate of drug-likeness (QED) is 0.229. The van der Waals surface area contributed by atoms with Gasteiger partial charge in [-0.15, -0.1) is 0 Å². The van der Waals surface area contributed by atoms with E-state index in [2.05, 4.69) is 0 Å². The molecule has 0 aromatic rings. The van der Waals surface area contributed by atoms with Crippen molar-refractivity contribution in [3.63, 3.8) is 0 Å². The molecular formula is C34H66O4. The fourth-order valence-corrected chi connectivity index (χ4v) is 5.40. The van der Waals surface area contributed by atoms with Gasteiger partial charge in [0.15, 0.2) is 0 Å². The van der Waals surface area contributed by atoms with Crippen LogP contribution in [0, 0.1) is 0 Å². The van der Waals surface area contributed by atoms with E-state index in [0.29, 0.717) is 0 Å². The molecule has 0 spiro atoms. The third-order valence-electron chi connectivity index (χ3n) is 8.16. The summed E-state index contributed by atoms with van der Waals surface area (Å²) in [5, 5.41) is 24.1. The first-order valence-electron chi connectivity index (χ1n) is 16.9. The molecule has 3 rings (SSSR count). The van der Waals surface area contributed by atoms with Gasteiger partial charge < -0.3 is 15.3 Å². The highest BCUT2D eigenvalue weighted by atomic mass is 16.5. The first-order chi connectivity index (χ1) is 18.6. The van der Waals surface area contributed by atoms with Crippen molar-refractivity contribution in [3.05, 3.63) is 11.5 Å². The van der Waals surface area contributed by atoms with Gasteiger partial charge in [-0.2, -0.15) is 0 Å². The van der Waals surface area contributed by atoms with Crippen LogP contribution in [-0.2, 0) is 4.79 Å². The Bertz CT molecular complexity index is 377. The summed E-state index contributed by atoms with van der Waals surface area (Å²) < 4.78 is 0. The average molecular weight is 539 g/mol. The van der Waals surface area contributed by atoms with Crippen molar-refractivity contribution in [2.75, 3.05) is 0 Å². The Kier molecular flexibility index (Phi) is 29.4. The molecule has 0 unspecified atom stereocenters. The Morgan fingerprint density at radius 2 is 0.421 bits per heavy atom. The van der Waals surface area contributed by atoms with Gasteiger partial charge in [-0.3, -0.25) is 0 Å². The Hall–Kier alpha value is -1.19. The van der Waals surface area contributed by atoms with Gasteiger partial charge in [-0.1, -0.05) is 193 Å². The molecule has 0 aromatic carbocycles. The van der Waals surface area contributed by atoms with Gasteiger partial charge in [0, 0.05) is 0 Å². The van der Waals surface area contributed by atoms with Crippen molar-refractivity contribution in [2.45, 2.75) is 200 Å². The lowest BCUT2D eigenvalue weighted by atomic mass is 10.0. The van der Waals surface area contributed by atoms with Crippen LogP contribution in [0.15, 0.2) is 11.5 Å². The van der Waals surface area contributed by atoms with Gasteiger partial charge in [-0.05, 0) is 6.92 Å². The van der Waals surface area contributed by atoms with Crippen LogP contribution in [0.1, 0.15) is 200 Å². The summed E-state index contributed by atoms with van der Waals surface area (Å²) in [5.41, 5.74) is -0.454. The standard InChI is InChI=1S/3C10H20.C4H6O4/c3*1-2-4-6-8-10-9-7-5-3-1;1-2(3(5)6)4(7)8/h3*1-10H2;5-6H,1H3,(H,7,8). The topological polar surface area (TPSA) is 77.8 Å². The molecule has 0 saturated heterocycles. The highest BCUT2D eigenvalue weighted by molar-refractivity contribution is 5.85. The summed E-state index contributed by atoms with van der Waals surface area (Å²) >= 11 is 0. The van der Waals surface area contributed by atoms with Gasteiger partial charge in [0.25, 0.3) is 5.95 Å². The highest BCUT2D eigenvalue weighted by Crippen LogP contribution is 2.17. The van der Waals surface area contributed by atoms with Gasteiger partial charge in [0.2, 0.25) is 0 Å². The van der Waals surface area contributed by atoms with Crippen LogP contribution < -0.4 is 0 Å². The molecule has 4 nitrogen and oxygen atoms in total. The van der Waals surface area contributed by atoms with E-state index in [1.54, 1.807) is 0 Å². The predicted octanol–water partition coefficient (Wildman–Crippen LogP) is 12.1. The van der Waals surface area contributed by atoms with Gasteiger partial charge >= 0.3 is 5.97 Å². The molecule has 226 valence electrons. The second-order valence-electron chi connectivity index (χ2n) is 11.9. The number of aliphatic hydroxyl groups excluding tert-OH is 1. The fourth-order valence-electron chi connectivity index (χ4n) is 5.40. The molecule has 3 saturated carbocycles. The van der Waals surface area contributed by atoms with Crippen molar-refractivity contribution in [3.8, 4) is 0 Å². The number of carboxylic acid groups (broad SMARTS) is 1. The van der Waals surface area contributed by atoms with Crippen molar-refractivity contribution in [1.82, 2.24) is 0 Å². The molecule has 3 aliphatic carbocycles. The second-order valence-corrected chi connectivity index (χ2v) is 11.9. The minimum atomic E-state index is -1.33. The normalized spacial score (nSPS) is 20.7. The summed E-state index contributed by atoms with van der Waals surface area (Å²) in [7, 11) is 0. The summed E-state index contributed by atoms with van der Waals surface area (Å²) in [5.74, 6) is -2.47. The van der Waals surface area contributed by atoms with E-state index < -0.39 is 17.5 Å². The monoisotopic (exact) mass is 538 g/mol. The van der Waals surface area contributed by atoms with Crippen LogP contribution in [0.3, 0.4) is 0 Å². The molecule has 0 atom stereocenters. The van der Waals surface area contributed by atoms with Crippen molar-refractivity contribution in [1.29, 1.82) is 0 Å². The van der Waals surface area contributed by atoms with E-state index in [4.69, 9.17) is 15.3 Å². The number of aliphatic hydroxyl groups is 2. The molecule has 0 amide bonds. The van der Waals surface area contributed by atoms with Crippen LogP contribution in [0.4, 0.5) is 0 Å². The highest BCUT2D eigenvalue weighted by Gasteiger charge is 2.05. The van der Waals surface area contributed by atoms with Gasteiger partial charge in [-0.25, -0.2) is 4.79 Å². The molecule has 3 aliphatic rings. The maximum atomic E-state index is 9.76. The summed E-state index contributed by atoms with van der Waals surface area (Å²) in [6.45, 7) is 1.09. The van der Waals surface area contributed by atoms with Crippen molar-refractivity contribution in [2.24, 2.45) is 0 Å². The SMILES string of the molecule is C1CCCCCCCCC1.C1CCCCCCCCC1.C1CCCCCCCCC1.CC(C(=O)O)=C(O)O. The third-order valence-corrected chi connectivity index (χ3v) is 8.16. The molecular weight excluding hydrogens is 472 g/mol. The lowest BCUT2D eigenvalue weighted by Gasteiger charge is -2.05. The van der Waals surface area contributed by atoms with E-state index in [-0.39, 0.29) is 0 Å². The Balaban J connectivity index is 0.000000483. The van der Waals surface area contributed by atoms with E-state index in [1.807, 2.05) is 0 Å². The number of carbonyl (C=O) groups is 1. The minimum Gasteiger partial charge on any atom is -0.481 e. The van der Waals surface area contributed by atoms with E-state index in [0.717, 1.165) is 6.92 Å². The van der Waals surface area contributed by atoms with Gasteiger partial charge in [0.05, 0.1) is 0 Å². The zero-order chi connectivity index (χ0) is 27.9. The number of aliphatic carboxylic acids is 1. The number of carboxylic acids is 1. The summed E-state index contributed by atoms with van der Waals surface area (Å²) in [4.78, 5) is 9.76. The third kappa shape index (κ3) is 29.4. The fraction of sp³-hybridized carbons (Fsp3) is 0.912. The maximum absolute atomic E-state index is 9.76. The zero-order valence-electron chi connectivity index (χ0n) is 25.5. The molecule has 3 N–H and O–H groups in total. The Labute approximate surface area is 237 Å². The Morgan fingerprint density at radius 3 is 0.447 bits per heavy atom. The second kappa shape index (κ2) is 30.4. The minimum absolute atomic E-state index is 0.454. The largest absolute Gasteiger partial charge is 0.481 e. The molecule has 4 heteroatoms. The van der Waals surface area contributed by atoms with Crippen molar-refractivity contribution < 1.29 is 20.1 Å². The Morgan fingerprint density at radius 1 is 0.316 bits per heavy atom. The maximum Gasteiger partial charge on any atom is 0.338 e. The van der Waals surface area contributed by atoms with E-state index in [1.165, 1.54) is 193 Å². The van der Waals surface area contributed by atoms with E-state index in [9.17, 15) is 4.79 Å². The smallest absolute Gasteiger partial charge is 0.338 e. The molecule has 0 aromatic heterocycles. The molecule has 3 fully saturated rings. The molecule has 0 heterocycles. The molecule has 0 aliphatic heterocycles. The predicted molar refractivity (Wildman–Crippen MR) is 164 cm³/mol. The van der Waals surface area contributed by atoms with Gasteiger partial charge in [0.1, 0.15) is 5.57 Å². The zero-order valence-corrected chi connectivity index (χ0v) is 25.5. The summed E-state index contributed by atoms with van der Waals surface area (Å²) in [6, 6.07) is 0. The first-order valence-corrected chi connectivity index (χ1v) is 16.9. The molecule has 38 heavy (non-hydrogen) atoms. The van der Waals surface area contributed by atoms with Crippen LogP contribution in [0.2, 0.25) is 0 Å². The van der Waals surface area contributed by atoms with E-state index >= 15 is 0 Å². The first kappa shape index (κ1) is 36.8. The number of hydrogen-bond acceptors (Lipinski definition) is 3. The lowest BCUT2D eigenvalue weighted by molar-refractivity contribution is -0.133. The average Bonchev–Trinajstić information content (AvgIpc) is 2.94. The van der Waals surface area contributed by atoms with Crippen LogP contribution in [-0.4, -0.2) is 21.3 Å². The summed E-state index contributed by atoms with van der Waals surface area (Å²) in [6.07, 6.45) is 45.0. The van der Waals surface area contributed by atoms with Crippen molar-refractivity contribution >= 4 is 5.97 Å². The lowest BCUT2D eigenvalue weighted by Crippen LogP contribution is -1.99. The van der Waals surface area contributed by atoms with Crippen LogP contribution in [0.5, 0.6) is 0 Å². The molecule has 0 radical (unpaired) electrons. The van der Waals surface area contributed by atoms with Crippen LogP contribution in [0.25, 0.3) is 0 Å². The number of rotatable bonds is 1. The van der Waals surface area contributed by atoms with Crippen LogP contribution >= 0.6 is 0 Å².